The molecule has 2 heterocycles. The molecule has 28 heavy (non-hydrogen) atoms. The fourth-order valence-corrected chi connectivity index (χ4v) is 3.03. The lowest BCUT2D eigenvalue weighted by Crippen LogP contribution is -2.46. The van der Waals surface area contributed by atoms with Gasteiger partial charge in [-0.15, -0.1) is 13.2 Å². The maximum Gasteiger partial charge on any atom is 0.573 e. The van der Waals surface area contributed by atoms with Crippen LogP contribution < -0.4 is 20.7 Å². The quantitative estimate of drug-likeness (QED) is 0.760. The first kappa shape index (κ1) is 19.6. The standard InChI is InChI=1S/C18H17F3N4O3/c1-17(8-11-6-7-23-10-12(11)9-22)15(26)25(16(27)24-17)13-2-4-14(5-3-13)28-18(19,20)21/h2-7,10H,8-9,22H2,1H3,(H,24,27). The van der Waals surface area contributed by atoms with Crippen molar-refractivity contribution < 1.29 is 27.5 Å². The monoisotopic (exact) mass is 394 g/mol. The lowest BCUT2D eigenvalue weighted by atomic mass is 9.91. The Balaban J connectivity index is 1.83. The Morgan fingerprint density at radius 2 is 1.86 bits per heavy atom. The number of hydrogen-bond donors (Lipinski definition) is 2. The van der Waals surface area contributed by atoms with Crippen molar-refractivity contribution in [1.29, 1.82) is 0 Å². The average Bonchev–Trinajstić information content (AvgIpc) is 2.84. The molecule has 7 nitrogen and oxygen atoms in total. The van der Waals surface area contributed by atoms with Gasteiger partial charge < -0.3 is 15.8 Å². The van der Waals surface area contributed by atoms with Crippen LogP contribution in [0.2, 0.25) is 0 Å². The molecule has 1 aliphatic rings. The number of amides is 3. The molecule has 0 radical (unpaired) electrons. The number of benzene rings is 1. The molecule has 10 heteroatoms. The molecule has 0 saturated carbocycles. The van der Waals surface area contributed by atoms with Gasteiger partial charge in [-0.05, 0) is 48.4 Å². The fraction of sp³-hybridized carbons (Fsp3) is 0.278. The maximum atomic E-state index is 12.9. The highest BCUT2D eigenvalue weighted by atomic mass is 19.4. The SMILES string of the molecule is CC1(Cc2ccncc2CN)NC(=O)N(c2ccc(OC(F)(F)F)cc2)C1=O. The normalized spacial score (nSPS) is 19.7. The summed E-state index contributed by atoms with van der Waals surface area (Å²) >= 11 is 0. The number of ether oxygens (including phenoxy) is 1. The molecule has 0 bridgehead atoms. The van der Waals surface area contributed by atoms with Crippen LogP contribution in [0, 0.1) is 0 Å². The van der Waals surface area contributed by atoms with Gasteiger partial charge >= 0.3 is 12.4 Å². The number of alkyl halides is 3. The second-order valence-electron chi connectivity index (χ2n) is 6.47. The first-order valence-corrected chi connectivity index (χ1v) is 8.27. The summed E-state index contributed by atoms with van der Waals surface area (Å²) in [5.41, 5.74) is 6.11. The summed E-state index contributed by atoms with van der Waals surface area (Å²) in [4.78, 5) is 30.2. The summed E-state index contributed by atoms with van der Waals surface area (Å²) in [7, 11) is 0. The van der Waals surface area contributed by atoms with E-state index in [1.807, 2.05) is 0 Å². The summed E-state index contributed by atoms with van der Waals surface area (Å²) in [5.74, 6) is -0.975. The van der Waals surface area contributed by atoms with Crippen LogP contribution in [0.1, 0.15) is 18.1 Å². The van der Waals surface area contributed by atoms with Crippen molar-refractivity contribution in [2.75, 3.05) is 4.90 Å². The third-order valence-corrected chi connectivity index (χ3v) is 4.36. The van der Waals surface area contributed by atoms with E-state index in [9.17, 15) is 22.8 Å². The predicted octanol–water partition coefficient (Wildman–Crippen LogP) is 2.50. The largest absolute Gasteiger partial charge is 0.573 e. The second kappa shape index (κ2) is 7.12. The van der Waals surface area contributed by atoms with Crippen molar-refractivity contribution in [3.05, 3.63) is 53.9 Å². The molecule has 1 fully saturated rings. The minimum Gasteiger partial charge on any atom is -0.406 e. The highest BCUT2D eigenvalue weighted by Crippen LogP contribution is 2.30. The van der Waals surface area contributed by atoms with Gasteiger partial charge in [0.05, 0.1) is 5.69 Å². The number of carbonyl (C=O) groups excluding carboxylic acids is 2. The zero-order valence-corrected chi connectivity index (χ0v) is 14.8. The number of halogens is 3. The fourth-order valence-electron chi connectivity index (χ4n) is 3.03. The van der Waals surface area contributed by atoms with Crippen molar-refractivity contribution in [3.8, 4) is 5.75 Å². The van der Waals surface area contributed by atoms with Gasteiger partial charge in [0, 0.05) is 25.4 Å². The molecule has 1 atom stereocenters. The van der Waals surface area contributed by atoms with Crippen molar-refractivity contribution in [2.24, 2.45) is 5.73 Å². The van der Waals surface area contributed by atoms with E-state index in [1.165, 1.54) is 12.1 Å². The van der Waals surface area contributed by atoms with Gasteiger partial charge in [-0.3, -0.25) is 9.78 Å². The van der Waals surface area contributed by atoms with Crippen LogP contribution in [0.25, 0.3) is 0 Å². The van der Waals surface area contributed by atoms with E-state index < -0.39 is 29.6 Å². The van der Waals surface area contributed by atoms with Gasteiger partial charge in [-0.25, -0.2) is 9.69 Å². The third kappa shape index (κ3) is 3.91. The molecule has 1 aromatic heterocycles. The number of carbonyl (C=O) groups is 2. The van der Waals surface area contributed by atoms with E-state index in [1.54, 1.807) is 25.4 Å². The number of nitrogens with one attached hydrogen (secondary N) is 1. The highest BCUT2D eigenvalue weighted by Gasteiger charge is 2.48. The minimum absolute atomic E-state index is 0.134. The summed E-state index contributed by atoms with van der Waals surface area (Å²) < 4.78 is 40.6. The van der Waals surface area contributed by atoms with Crippen molar-refractivity contribution in [1.82, 2.24) is 10.3 Å². The number of rotatable bonds is 5. The van der Waals surface area contributed by atoms with Gasteiger partial charge in [0.25, 0.3) is 5.91 Å². The van der Waals surface area contributed by atoms with Crippen LogP contribution in [0.15, 0.2) is 42.7 Å². The van der Waals surface area contributed by atoms with Gasteiger partial charge in [0.2, 0.25) is 0 Å². The molecule has 3 N–H and O–H groups in total. The van der Waals surface area contributed by atoms with Crippen molar-refractivity contribution in [2.45, 2.75) is 31.8 Å². The zero-order chi connectivity index (χ0) is 20.5. The molecule has 148 valence electrons. The lowest BCUT2D eigenvalue weighted by molar-refractivity contribution is -0.274. The van der Waals surface area contributed by atoms with Crippen molar-refractivity contribution >= 4 is 17.6 Å². The van der Waals surface area contributed by atoms with Gasteiger partial charge in [0.1, 0.15) is 11.3 Å². The zero-order valence-electron chi connectivity index (χ0n) is 14.8. The van der Waals surface area contributed by atoms with Crippen LogP contribution in [0.5, 0.6) is 5.75 Å². The molecule has 1 saturated heterocycles. The number of aromatic nitrogens is 1. The molecule has 3 amide bonds. The molecule has 1 unspecified atom stereocenters. The summed E-state index contributed by atoms with van der Waals surface area (Å²) in [6, 6.07) is 5.55. The van der Waals surface area contributed by atoms with E-state index in [4.69, 9.17) is 5.73 Å². The second-order valence-corrected chi connectivity index (χ2v) is 6.47. The number of nitrogens with zero attached hydrogens (tertiary/aromatic N) is 2. The Labute approximate surface area is 158 Å². The molecule has 3 rings (SSSR count). The average molecular weight is 394 g/mol. The maximum absolute atomic E-state index is 12.9. The predicted molar refractivity (Wildman–Crippen MR) is 93.4 cm³/mol. The van der Waals surface area contributed by atoms with Gasteiger partial charge in [-0.1, -0.05) is 0 Å². The lowest BCUT2D eigenvalue weighted by Gasteiger charge is -2.23. The van der Waals surface area contributed by atoms with E-state index in [2.05, 4.69) is 15.0 Å². The smallest absolute Gasteiger partial charge is 0.406 e. The molecule has 2 aromatic rings. The number of anilines is 1. The third-order valence-electron chi connectivity index (χ3n) is 4.36. The highest BCUT2D eigenvalue weighted by molar-refractivity contribution is 6.23. The number of nitrogens with two attached hydrogens (primary N) is 1. The van der Waals surface area contributed by atoms with E-state index >= 15 is 0 Å². The van der Waals surface area contributed by atoms with Crippen molar-refractivity contribution in [3.63, 3.8) is 0 Å². The summed E-state index contributed by atoms with van der Waals surface area (Å²) in [6.07, 6.45) is -1.47. The molecule has 1 aliphatic heterocycles. The van der Waals surface area contributed by atoms with Gasteiger partial charge in [-0.2, -0.15) is 0 Å². The van der Waals surface area contributed by atoms with E-state index in [0.29, 0.717) is 0 Å². The molecule has 0 spiro atoms. The number of imide groups is 1. The van der Waals surface area contributed by atoms with E-state index in [0.717, 1.165) is 28.2 Å². The Morgan fingerprint density at radius 1 is 1.18 bits per heavy atom. The van der Waals surface area contributed by atoms with Crippen LogP contribution in [0.3, 0.4) is 0 Å². The summed E-state index contributed by atoms with van der Waals surface area (Å²) in [6.45, 7) is 1.81. The number of pyridine rings is 1. The first-order valence-electron chi connectivity index (χ1n) is 8.27. The Kier molecular flexibility index (Phi) is 4.99. The minimum atomic E-state index is -4.83. The van der Waals surface area contributed by atoms with E-state index in [-0.39, 0.29) is 18.7 Å². The molecular weight excluding hydrogens is 377 g/mol. The van der Waals surface area contributed by atoms with Gasteiger partial charge in [0.15, 0.2) is 0 Å². The Morgan fingerprint density at radius 3 is 2.46 bits per heavy atom. The Bertz CT molecular complexity index is 902. The topological polar surface area (TPSA) is 97.5 Å². The Hall–Kier alpha value is -3.14. The summed E-state index contributed by atoms with van der Waals surface area (Å²) in [5, 5.41) is 2.65. The first-order chi connectivity index (χ1) is 13.1. The van der Waals surface area contributed by atoms with Crippen LogP contribution in [0.4, 0.5) is 23.7 Å². The van der Waals surface area contributed by atoms with Crippen LogP contribution in [-0.4, -0.2) is 28.8 Å². The van der Waals surface area contributed by atoms with Crippen LogP contribution >= 0.6 is 0 Å². The molecule has 1 aromatic carbocycles. The number of hydrogen-bond acceptors (Lipinski definition) is 5. The van der Waals surface area contributed by atoms with Crippen LogP contribution in [-0.2, 0) is 17.8 Å². The number of urea groups is 1. The molecular formula is C18H17F3N4O3. The molecule has 0 aliphatic carbocycles.